The minimum atomic E-state index is -0.809. The average Bonchev–Trinajstić information content (AvgIpc) is 2.90. The normalized spacial score (nSPS) is 14.5. The number of benzene rings is 1. The SMILES string of the molecule is N#Cc1ccc(N2CCCN(C(=O)Nc3ccc(F)cc3F)CC2)nc1. The van der Waals surface area contributed by atoms with Crippen LogP contribution in [0, 0.1) is 23.0 Å². The van der Waals surface area contributed by atoms with Gasteiger partial charge in [-0.1, -0.05) is 0 Å². The van der Waals surface area contributed by atoms with E-state index in [4.69, 9.17) is 5.26 Å². The number of carbonyl (C=O) groups excluding carboxylic acids is 1. The molecule has 3 rings (SSSR count). The summed E-state index contributed by atoms with van der Waals surface area (Å²) in [4.78, 5) is 20.3. The van der Waals surface area contributed by atoms with Crippen molar-refractivity contribution in [2.75, 3.05) is 36.4 Å². The summed E-state index contributed by atoms with van der Waals surface area (Å²) in [5.74, 6) is -0.756. The lowest BCUT2D eigenvalue weighted by Gasteiger charge is -2.23. The first-order valence-corrected chi connectivity index (χ1v) is 8.19. The third kappa shape index (κ3) is 4.06. The van der Waals surface area contributed by atoms with Crippen LogP contribution < -0.4 is 10.2 Å². The number of hydrogen-bond donors (Lipinski definition) is 1. The summed E-state index contributed by atoms with van der Waals surface area (Å²) in [5.41, 5.74) is 0.442. The van der Waals surface area contributed by atoms with Gasteiger partial charge in [0.15, 0.2) is 0 Å². The van der Waals surface area contributed by atoms with Crippen LogP contribution in [0.5, 0.6) is 0 Å². The van der Waals surface area contributed by atoms with Crippen LogP contribution in [0.1, 0.15) is 12.0 Å². The first-order valence-electron chi connectivity index (χ1n) is 8.19. The number of nitrogens with one attached hydrogen (secondary N) is 1. The molecule has 2 amide bonds. The first-order chi connectivity index (χ1) is 12.6. The summed E-state index contributed by atoms with van der Waals surface area (Å²) in [5, 5.41) is 11.3. The summed E-state index contributed by atoms with van der Waals surface area (Å²) >= 11 is 0. The van der Waals surface area contributed by atoms with Crippen molar-refractivity contribution < 1.29 is 13.6 Å². The molecule has 8 heteroatoms. The minimum absolute atomic E-state index is 0.0498. The van der Waals surface area contributed by atoms with Crippen LogP contribution in [0.25, 0.3) is 0 Å². The van der Waals surface area contributed by atoms with Crippen LogP contribution in [0.3, 0.4) is 0 Å². The molecule has 0 bridgehead atoms. The second-order valence-corrected chi connectivity index (χ2v) is 5.90. The Labute approximate surface area is 149 Å². The van der Waals surface area contributed by atoms with Gasteiger partial charge in [0.25, 0.3) is 0 Å². The highest BCUT2D eigenvalue weighted by Crippen LogP contribution is 2.17. The quantitative estimate of drug-likeness (QED) is 0.897. The summed E-state index contributed by atoms with van der Waals surface area (Å²) in [6.45, 7) is 2.24. The van der Waals surface area contributed by atoms with Gasteiger partial charge in [-0.3, -0.25) is 0 Å². The lowest BCUT2D eigenvalue weighted by molar-refractivity contribution is 0.215. The molecule has 134 valence electrons. The van der Waals surface area contributed by atoms with Gasteiger partial charge in [0.05, 0.1) is 11.3 Å². The number of carbonyl (C=O) groups is 1. The van der Waals surface area contributed by atoms with Crippen LogP contribution >= 0.6 is 0 Å². The van der Waals surface area contributed by atoms with Crippen molar-refractivity contribution in [2.24, 2.45) is 0 Å². The lowest BCUT2D eigenvalue weighted by Crippen LogP contribution is -2.38. The van der Waals surface area contributed by atoms with Gasteiger partial charge in [-0.05, 0) is 30.7 Å². The molecule has 1 aromatic carbocycles. The highest BCUT2D eigenvalue weighted by molar-refractivity contribution is 5.89. The molecule has 2 heterocycles. The highest BCUT2D eigenvalue weighted by atomic mass is 19.1. The van der Waals surface area contributed by atoms with Crippen LogP contribution in [0.2, 0.25) is 0 Å². The van der Waals surface area contributed by atoms with E-state index in [-0.39, 0.29) is 5.69 Å². The molecule has 0 saturated carbocycles. The van der Waals surface area contributed by atoms with Crippen molar-refractivity contribution in [1.29, 1.82) is 5.26 Å². The Morgan fingerprint density at radius 1 is 1.15 bits per heavy atom. The minimum Gasteiger partial charge on any atom is -0.355 e. The van der Waals surface area contributed by atoms with E-state index in [1.165, 1.54) is 12.3 Å². The zero-order chi connectivity index (χ0) is 18.5. The largest absolute Gasteiger partial charge is 0.355 e. The Balaban J connectivity index is 1.62. The fourth-order valence-corrected chi connectivity index (χ4v) is 2.77. The van der Waals surface area contributed by atoms with Crippen LogP contribution in [-0.4, -0.2) is 42.1 Å². The van der Waals surface area contributed by atoms with E-state index in [0.29, 0.717) is 31.7 Å². The van der Waals surface area contributed by atoms with E-state index in [1.807, 2.05) is 11.0 Å². The maximum absolute atomic E-state index is 13.7. The maximum atomic E-state index is 13.7. The molecular formula is C18H17F2N5O. The summed E-state index contributed by atoms with van der Waals surface area (Å²) in [6, 6.07) is 8.11. The van der Waals surface area contributed by atoms with Crippen LogP contribution in [-0.2, 0) is 0 Å². The number of hydrogen-bond acceptors (Lipinski definition) is 4. The zero-order valence-electron chi connectivity index (χ0n) is 14.0. The number of urea groups is 1. The standard InChI is InChI=1S/C18H17F2N5O/c19-14-3-4-16(15(20)10-14)23-18(26)25-7-1-6-24(8-9-25)17-5-2-13(11-21)12-22-17/h2-5,10,12H,1,6-9H2,(H,23,26). The molecule has 1 saturated heterocycles. The molecule has 1 N–H and O–H groups in total. The molecule has 6 nitrogen and oxygen atoms in total. The van der Waals surface area contributed by atoms with Gasteiger partial charge in [0.2, 0.25) is 0 Å². The number of halogens is 2. The summed E-state index contributed by atoms with van der Waals surface area (Å²) in [7, 11) is 0. The van der Waals surface area contributed by atoms with Gasteiger partial charge in [-0.15, -0.1) is 0 Å². The molecule has 1 aliphatic heterocycles. The van der Waals surface area contributed by atoms with Crippen molar-refractivity contribution in [3.8, 4) is 6.07 Å². The number of nitriles is 1. The number of nitrogens with zero attached hydrogens (tertiary/aromatic N) is 4. The van der Waals surface area contributed by atoms with Crippen LogP contribution in [0.15, 0.2) is 36.5 Å². The topological polar surface area (TPSA) is 72.3 Å². The van der Waals surface area contributed by atoms with E-state index >= 15 is 0 Å². The van der Waals surface area contributed by atoms with Crippen molar-refractivity contribution >= 4 is 17.5 Å². The number of anilines is 2. The Morgan fingerprint density at radius 2 is 2.00 bits per heavy atom. The lowest BCUT2D eigenvalue weighted by atomic mass is 10.3. The molecule has 0 atom stereocenters. The molecule has 0 unspecified atom stereocenters. The molecule has 2 aromatic rings. The zero-order valence-corrected chi connectivity index (χ0v) is 14.0. The molecular weight excluding hydrogens is 340 g/mol. The predicted molar refractivity (Wildman–Crippen MR) is 92.7 cm³/mol. The first kappa shape index (κ1) is 17.6. The molecule has 0 aliphatic carbocycles. The van der Waals surface area contributed by atoms with E-state index in [0.717, 1.165) is 24.4 Å². The second-order valence-electron chi connectivity index (χ2n) is 5.90. The Morgan fingerprint density at radius 3 is 2.69 bits per heavy atom. The monoisotopic (exact) mass is 357 g/mol. The molecule has 1 aromatic heterocycles. The van der Waals surface area contributed by atoms with Gasteiger partial charge in [0.1, 0.15) is 23.5 Å². The van der Waals surface area contributed by atoms with E-state index in [9.17, 15) is 13.6 Å². The third-order valence-electron chi connectivity index (χ3n) is 4.16. The Bertz CT molecular complexity index is 834. The third-order valence-corrected chi connectivity index (χ3v) is 4.16. The van der Waals surface area contributed by atoms with Gasteiger partial charge in [0, 0.05) is 38.4 Å². The smallest absolute Gasteiger partial charge is 0.321 e. The van der Waals surface area contributed by atoms with Gasteiger partial charge >= 0.3 is 6.03 Å². The van der Waals surface area contributed by atoms with E-state index in [1.54, 1.807) is 17.0 Å². The van der Waals surface area contributed by atoms with E-state index < -0.39 is 17.7 Å². The molecule has 0 radical (unpaired) electrons. The molecule has 1 fully saturated rings. The number of rotatable bonds is 2. The number of amides is 2. The summed E-state index contributed by atoms with van der Waals surface area (Å²) in [6.07, 6.45) is 2.24. The second kappa shape index (κ2) is 7.78. The maximum Gasteiger partial charge on any atom is 0.321 e. The fraction of sp³-hybridized carbons (Fsp3) is 0.278. The number of aromatic nitrogens is 1. The van der Waals surface area contributed by atoms with Gasteiger partial charge < -0.3 is 15.1 Å². The molecule has 26 heavy (non-hydrogen) atoms. The van der Waals surface area contributed by atoms with Crippen molar-refractivity contribution in [3.05, 3.63) is 53.7 Å². The van der Waals surface area contributed by atoms with Crippen molar-refractivity contribution in [1.82, 2.24) is 9.88 Å². The number of pyridine rings is 1. The highest BCUT2D eigenvalue weighted by Gasteiger charge is 2.20. The molecule has 1 aliphatic rings. The van der Waals surface area contributed by atoms with Crippen molar-refractivity contribution in [3.63, 3.8) is 0 Å². The average molecular weight is 357 g/mol. The molecule has 0 spiro atoms. The van der Waals surface area contributed by atoms with E-state index in [2.05, 4.69) is 10.3 Å². The predicted octanol–water partition coefficient (Wildman–Crippen LogP) is 2.98. The van der Waals surface area contributed by atoms with Crippen molar-refractivity contribution in [2.45, 2.75) is 6.42 Å². The Hall–Kier alpha value is -3.21. The van der Waals surface area contributed by atoms with Gasteiger partial charge in [-0.25, -0.2) is 18.6 Å². The fourth-order valence-electron chi connectivity index (χ4n) is 2.77. The van der Waals surface area contributed by atoms with Crippen LogP contribution in [0.4, 0.5) is 25.1 Å². The summed E-state index contributed by atoms with van der Waals surface area (Å²) < 4.78 is 26.6. The van der Waals surface area contributed by atoms with Gasteiger partial charge in [-0.2, -0.15) is 5.26 Å². The Kier molecular flexibility index (Phi) is 5.27.